The second-order valence-corrected chi connectivity index (χ2v) is 6.52. The van der Waals surface area contributed by atoms with Crippen molar-refractivity contribution in [2.45, 2.75) is 6.92 Å². The van der Waals surface area contributed by atoms with Gasteiger partial charge in [-0.05, 0) is 49.0 Å². The van der Waals surface area contributed by atoms with E-state index >= 15 is 0 Å². The number of carbonyl (C=O) groups excluding carboxylic acids is 2. The normalized spacial score (nSPS) is 10.4. The van der Waals surface area contributed by atoms with Gasteiger partial charge in [-0.15, -0.1) is 0 Å². The Hall–Kier alpha value is -2.41. The maximum absolute atomic E-state index is 12.0. The first-order valence-corrected chi connectivity index (χ1v) is 8.62. The zero-order valence-electron chi connectivity index (χ0n) is 13.7. The Morgan fingerprint density at radius 2 is 1.73 bits per heavy atom. The minimum atomic E-state index is -0.515. The molecule has 0 bridgehead atoms. The van der Waals surface area contributed by atoms with Crippen LogP contribution in [0.5, 0.6) is 0 Å². The van der Waals surface area contributed by atoms with Gasteiger partial charge < -0.3 is 0 Å². The summed E-state index contributed by atoms with van der Waals surface area (Å²) in [5.41, 5.74) is 7.02. The van der Waals surface area contributed by atoms with Crippen molar-refractivity contribution in [1.29, 1.82) is 0 Å². The van der Waals surface area contributed by atoms with E-state index in [1.165, 1.54) is 24.3 Å². The van der Waals surface area contributed by atoms with Crippen LogP contribution in [0.15, 0.2) is 48.5 Å². The smallest absolute Gasteiger partial charge is 0.271 e. The zero-order valence-corrected chi connectivity index (χ0v) is 16.0. The summed E-state index contributed by atoms with van der Waals surface area (Å²) in [4.78, 5) is 23.8. The van der Waals surface area contributed by atoms with Crippen LogP contribution in [-0.2, 0) is 4.79 Å². The van der Waals surface area contributed by atoms with Gasteiger partial charge in [0, 0.05) is 11.1 Å². The molecule has 0 heterocycles. The predicted octanol–water partition coefficient (Wildman–Crippen LogP) is 3.65. The van der Waals surface area contributed by atoms with Gasteiger partial charge in [-0.1, -0.05) is 53.0 Å². The number of benzene rings is 2. The molecule has 0 saturated heterocycles. The summed E-state index contributed by atoms with van der Waals surface area (Å²) < 4.78 is 0. The number of hydrogen-bond donors (Lipinski definition) is 3. The van der Waals surface area contributed by atoms with Gasteiger partial charge in [0.05, 0.1) is 10.6 Å². The van der Waals surface area contributed by atoms with Crippen molar-refractivity contribution in [2.75, 3.05) is 0 Å². The van der Waals surface area contributed by atoms with E-state index in [4.69, 9.17) is 35.4 Å². The molecule has 0 aliphatic rings. The summed E-state index contributed by atoms with van der Waals surface area (Å²) in [6.07, 6.45) is 3.00. The molecular weight excluding hydrogens is 393 g/mol. The highest BCUT2D eigenvalue weighted by atomic mass is 35.5. The molecule has 8 heteroatoms. The quantitative estimate of drug-likeness (QED) is 0.412. The lowest BCUT2D eigenvalue weighted by atomic mass is 10.1. The molecule has 2 rings (SSSR count). The highest BCUT2D eigenvalue weighted by Crippen LogP contribution is 2.20. The Bertz CT molecular complexity index is 867. The van der Waals surface area contributed by atoms with E-state index in [1.54, 1.807) is 6.08 Å². The van der Waals surface area contributed by atoms with E-state index in [-0.39, 0.29) is 15.7 Å². The fourth-order valence-electron chi connectivity index (χ4n) is 1.89. The molecule has 3 N–H and O–H groups in total. The third-order valence-electron chi connectivity index (χ3n) is 3.21. The van der Waals surface area contributed by atoms with Crippen molar-refractivity contribution >= 4 is 58.4 Å². The highest BCUT2D eigenvalue weighted by molar-refractivity contribution is 7.80. The largest absolute Gasteiger partial charge is 0.298 e. The summed E-state index contributed by atoms with van der Waals surface area (Å²) >= 11 is 16.7. The molecule has 0 aromatic heterocycles. The standard InChI is InChI=1S/C18H15Cl2N3O2S/c1-11-2-4-12(5-3-11)6-9-16(24)21-18(26)23-22-17(25)14-8-7-13(19)10-15(14)20/h2-10H,1H3,(H,22,25)(H2,21,23,24,26). The lowest BCUT2D eigenvalue weighted by Gasteiger charge is -2.10. The average Bonchev–Trinajstić information content (AvgIpc) is 2.59. The fourth-order valence-corrected chi connectivity index (χ4v) is 2.53. The molecule has 134 valence electrons. The Morgan fingerprint density at radius 3 is 2.38 bits per heavy atom. The molecule has 5 nitrogen and oxygen atoms in total. The van der Waals surface area contributed by atoms with Crippen LogP contribution >= 0.6 is 35.4 Å². The SMILES string of the molecule is Cc1ccc(C=CC(=O)NC(=S)NNC(=O)c2ccc(Cl)cc2Cl)cc1. The molecule has 2 aromatic rings. The highest BCUT2D eigenvalue weighted by Gasteiger charge is 2.11. The predicted molar refractivity (Wildman–Crippen MR) is 108 cm³/mol. The van der Waals surface area contributed by atoms with Gasteiger partial charge >= 0.3 is 0 Å². The van der Waals surface area contributed by atoms with Crippen molar-refractivity contribution in [3.8, 4) is 0 Å². The van der Waals surface area contributed by atoms with Crippen molar-refractivity contribution in [3.63, 3.8) is 0 Å². The number of hydrogen-bond acceptors (Lipinski definition) is 3. The lowest BCUT2D eigenvalue weighted by molar-refractivity contribution is -0.115. The van der Waals surface area contributed by atoms with Crippen LogP contribution in [0.3, 0.4) is 0 Å². The molecule has 2 amide bonds. The number of thiocarbonyl (C=S) groups is 1. The maximum Gasteiger partial charge on any atom is 0.271 e. The summed E-state index contributed by atoms with van der Waals surface area (Å²) in [6.45, 7) is 1.98. The van der Waals surface area contributed by atoms with Crippen LogP contribution in [0.4, 0.5) is 0 Å². The molecule has 0 aliphatic heterocycles. The van der Waals surface area contributed by atoms with Crippen LogP contribution < -0.4 is 16.2 Å². The van der Waals surface area contributed by atoms with E-state index in [0.717, 1.165) is 11.1 Å². The van der Waals surface area contributed by atoms with E-state index in [2.05, 4.69) is 16.2 Å². The number of rotatable bonds is 3. The van der Waals surface area contributed by atoms with Gasteiger partial charge in [0.15, 0.2) is 5.11 Å². The molecule has 0 radical (unpaired) electrons. The number of hydrazine groups is 1. The Morgan fingerprint density at radius 1 is 1.04 bits per heavy atom. The van der Waals surface area contributed by atoms with Gasteiger partial charge in [0.25, 0.3) is 5.91 Å². The van der Waals surface area contributed by atoms with Crippen molar-refractivity contribution in [2.24, 2.45) is 0 Å². The van der Waals surface area contributed by atoms with Crippen molar-refractivity contribution in [3.05, 3.63) is 75.3 Å². The van der Waals surface area contributed by atoms with Gasteiger partial charge in [-0.2, -0.15) is 0 Å². The summed E-state index contributed by atoms with van der Waals surface area (Å²) in [5, 5.41) is 2.98. The van der Waals surface area contributed by atoms with Gasteiger partial charge in [0.1, 0.15) is 0 Å². The van der Waals surface area contributed by atoms with E-state index < -0.39 is 11.8 Å². The molecule has 26 heavy (non-hydrogen) atoms. The van der Waals surface area contributed by atoms with E-state index in [0.29, 0.717) is 5.02 Å². The monoisotopic (exact) mass is 407 g/mol. The topological polar surface area (TPSA) is 70.2 Å². The van der Waals surface area contributed by atoms with Crippen molar-refractivity contribution < 1.29 is 9.59 Å². The van der Waals surface area contributed by atoms with Gasteiger partial charge in [-0.3, -0.25) is 25.8 Å². The minimum Gasteiger partial charge on any atom is -0.298 e. The Labute approximate surface area is 166 Å². The Kier molecular flexibility index (Phi) is 7.15. The fraction of sp³-hybridized carbons (Fsp3) is 0.0556. The molecule has 0 unspecified atom stereocenters. The minimum absolute atomic E-state index is 0.0537. The van der Waals surface area contributed by atoms with E-state index in [9.17, 15) is 9.59 Å². The second-order valence-electron chi connectivity index (χ2n) is 5.27. The maximum atomic E-state index is 12.0. The van der Waals surface area contributed by atoms with Gasteiger partial charge in [-0.25, -0.2) is 0 Å². The third-order valence-corrected chi connectivity index (χ3v) is 3.96. The first kappa shape index (κ1) is 19.9. The number of nitrogens with one attached hydrogen (secondary N) is 3. The molecule has 2 aromatic carbocycles. The van der Waals surface area contributed by atoms with Crippen LogP contribution in [0, 0.1) is 6.92 Å². The van der Waals surface area contributed by atoms with Crippen molar-refractivity contribution in [1.82, 2.24) is 16.2 Å². The second kappa shape index (κ2) is 9.33. The first-order chi connectivity index (χ1) is 12.3. The average molecular weight is 408 g/mol. The van der Waals surface area contributed by atoms with Crippen LogP contribution in [0.25, 0.3) is 6.08 Å². The number of amides is 2. The molecule has 0 aliphatic carbocycles. The lowest BCUT2D eigenvalue weighted by Crippen LogP contribution is -2.48. The molecule has 0 atom stereocenters. The first-order valence-electron chi connectivity index (χ1n) is 7.46. The third kappa shape index (κ3) is 6.15. The van der Waals surface area contributed by atoms with Crippen LogP contribution in [0.2, 0.25) is 10.0 Å². The van der Waals surface area contributed by atoms with E-state index in [1.807, 2.05) is 31.2 Å². The zero-order chi connectivity index (χ0) is 19.1. The summed E-state index contributed by atoms with van der Waals surface area (Å²) in [5.74, 6) is -0.944. The molecule has 0 spiro atoms. The molecule has 0 saturated carbocycles. The number of aryl methyl sites for hydroxylation is 1. The Balaban J connectivity index is 1.83. The number of halogens is 2. The summed E-state index contributed by atoms with van der Waals surface area (Å²) in [6, 6.07) is 12.2. The van der Waals surface area contributed by atoms with Gasteiger partial charge in [0.2, 0.25) is 5.91 Å². The molecular formula is C18H15Cl2N3O2S. The van der Waals surface area contributed by atoms with Crippen LogP contribution in [-0.4, -0.2) is 16.9 Å². The van der Waals surface area contributed by atoms with Crippen LogP contribution in [0.1, 0.15) is 21.5 Å². The summed E-state index contributed by atoms with van der Waals surface area (Å²) in [7, 11) is 0. The molecule has 0 fully saturated rings. The number of carbonyl (C=O) groups is 2.